The number of aromatic nitrogens is 1. The van der Waals surface area contributed by atoms with Crippen LogP contribution in [0.1, 0.15) is 47.2 Å². The Morgan fingerprint density at radius 3 is 2.74 bits per heavy atom. The SMILES string of the molecule is N[C@@H]1CCCc2c1[nH]c1ccc([C@@H](CBr)c3ccccc3)cc21. The number of alkyl halides is 1. The van der Waals surface area contributed by atoms with Crippen LogP contribution in [0.25, 0.3) is 10.9 Å². The van der Waals surface area contributed by atoms with Gasteiger partial charge in [-0.05, 0) is 48.1 Å². The van der Waals surface area contributed by atoms with E-state index in [4.69, 9.17) is 5.73 Å². The van der Waals surface area contributed by atoms with Crippen LogP contribution in [0, 0.1) is 0 Å². The average molecular weight is 369 g/mol. The molecule has 2 aromatic carbocycles. The minimum absolute atomic E-state index is 0.163. The Morgan fingerprint density at radius 1 is 1.13 bits per heavy atom. The molecule has 23 heavy (non-hydrogen) atoms. The van der Waals surface area contributed by atoms with E-state index in [9.17, 15) is 0 Å². The molecule has 0 unspecified atom stereocenters. The minimum atomic E-state index is 0.163. The molecule has 0 amide bonds. The van der Waals surface area contributed by atoms with Crippen LogP contribution >= 0.6 is 15.9 Å². The number of hydrogen-bond acceptors (Lipinski definition) is 1. The van der Waals surface area contributed by atoms with E-state index in [0.29, 0.717) is 5.92 Å². The highest BCUT2D eigenvalue weighted by Gasteiger charge is 2.22. The van der Waals surface area contributed by atoms with Crippen LogP contribution in [0.3, 0.4) is 0 Å². The molecule has 2 atom stereocenters. The normalized spacial score (nSPS) is 18.8. The van der Waals surface area contributed by atoms with Gasteiger partial charge in [-0.15, -0.1) is 0 Å². The highest BCUT2D eigenvalue weighted by Crippen LogP contribution is 2.36. The zero-order valence-electron chi connectivity index (χ0n) is 13.1. The first-order valence-corrected chi connectivity index (χ1v) is 9.41. The molecule has 0 fully saturated rings. The molecule has 2 nitrogen and oxygen atoms in total. The molecule has 3 N–H and O–H groups in total. The van der Waals surface area contributed by atoms with Crippen molar-refractivity contribution in [1.29, 1.82) is 0 Å². The molecule has 4 rings (SSSR count). The van der Waals surface area contributed by atoms with Crippen molar-refractivity contribution in [2.45, 2.75) is 31.2 Å². The van der Waals surface area contributed by atoms with Crippen molar-refractivity contribution in [2.75, 3.05) is 5.33 Å². The third kappa shape index (κ3) is 2.62. The molecule has 0 saturated heterocycles. The fraction of sp³-hybridized carbons (Fsp3) is 0.300. The van der Waals surface area contributed by atoms with E-state index >= 15 is 0 Å². The number of aromatic amines is 1. The van der Waals surface area contributed by atoms with Gasteiger partial charge in [0.15, 0.2) is 0 Å². The summed E-state index contributed by atoms with van der Waals surface area (Å²) in [7, 11) is 0. The van der Waals surface area contributed by atoms with Gasteiger partial charge in [-0.25, -0.2) is 0 Å². The van der Waals surface area contributed by atoms with Gasteiger partial charge in [0.2, 0.25) is 0 Å². The van der Waals surface area contributed by atoms with Crippen LogP contribution in [0.4, 0.5) is 0 Å². The summed E-state index contributed by atoms with van der Waals surface area (Å²) in [5.41, 5.74) is 12.9. The van der Waals surface area contributed by atoms with Gasteiger partial charge < -0.3 is 10.7 Å². The first-order chi connectivity index (χ1) is 11.3. The molecule has 0 aliphatic heterocycles. The van der Waals surface area contributed by atoms with Gasteiger partial charge in [0.05, 0.1) is 0 Å². The lowest BCUT2D eigenvalue weighted by molar-refractivity contribution is 0.562. The van der Waals surface area contributed by atoms with Gasteiger partial charge in [0, 0.05) is 33.9 Å². The lowest BCUT2D eigenvalue weighted by atomic mass is 9.89. The smallest absolute Gasteiger partial charge is 0.0459 e. The molecular weight excluding hydrogens is 348 g/mol. The maximum absolute atomic E-state index is 6.29. The van der Waals surface area contributed by atoms with Crippen molar-refractivity contribution in [2.24, 2.45) is 5.73 Å². The van der Waals surface area contributed by atoms with Gasteiger partial charge in [0.1, 0.15) is 0 Å². The van der Waals surface area contributed by atoms with Crippen LogP contribution in [0.15, 0.2) is 48.5 Å². The van der Waals surface area contributed by atoms with E-state index in [-0.39, 0.29) is 6.04 Å². The number of H-pyrrole nitrogens is 1. The zero-order valence-corrected chi connectivity index (χ0v) is 14.6. The van der Waals surface area contributed by atoms with Gasteiger partial charge in [-0.1, -0.05) is 52.3 Å². The second kappa shape index (κ2) is 6.14. The quantitative estimate of drug-likeness (QED) is 0.625. The fourth-order valence-corrected chi connectivity index (χ4v) is 4.54. The lowest BCUT2D eigenvalue weighted by Gasteiger charge is -2.18. The van der Waals surface area contributed by atoms with Crippen molar-refractivity contribution in [3.05, 3.63) is 70.9 Å². The Bertz CT molecular complexity index is 822. The van der Waals surface area contributed by atoms with Crippen LogP contribution < -0.4 is 5.73 Å². The molecule has 0 bridgehead atoms. The summed E-state index contributed by atoms with van der Waals surface area (Å²) in [6.45, 7) is 0. The Labute approximate surface area is 145 Å². The largest absolute Gasteiger partial charge is 0.357 e. The third-order valence-electron chi connectivity index (χ3n) is 5.03. The first kappa shape index (κ1) is 15.0. The summed E-state index contributed by atoms with van der Waals surface area (Å²) in [6.07, 6.45) is 3.41. The van der Waals surface area contributed by atoms with E-state index in [1.54, 1.807) is 0 Å². The fourth-order valence-electron chi connectivity index (χ4n) is 3.79. The number of hydrogen-bond donors (Lipinski definition) is 2. The molecule has 3 heteroatoms. The topological polar surface area (TPSA) is 41.8 Å². The van der Waals surface area contributed by atoms with Crippen LogP contribution in [-0.2, 0) is 6.42 Å². The Kier molecular flexibility index (Phi) is 4.00. The summed E-state index contributed by atoms with van der Waals surface area (Å²) in [5, 5.41) is 2.28. The summed E-state index contributed by atoms with van der Waals surface area (Å²) < 4.78 is 0. The van der Waals surface area contributed by atoms with Crippen molar-refractivity contribution in [3.8, 4) is 0 Å². The van der Waals surface area contributed by atoms with Crippen molar-refractivity contribution in [1.82, 2.24) is 4.98 Å². The molecule has 0 radical (unpaired) electrons. The first-order valence-electron chi connectivity index (χ1n) is 8.29. The van der Waals surface area contributed by atoms with Gasteiger partial charge in [-0.3, -0.25) is 0 Å². The Morgan fingerprint density at radius 2 is 1.96 bits per heavy atom. The molecule has 118 valence electrons. The second-order valence-electron chi connectivity index (χ2n) is 6.44. The molecule has 1 heterocycles. The van der Waals surface area contributed by atoms with E-state index in [1.807, 2.05) is 0 Å². The van der Waals surface area contributed by atoms with Gasteiger partial charge >= 0.3 is 0 Å². The third-order valence-corrected chi connectivity index (χ3v) is 5.68. The lowest BCUT2D eigenvalue weighted by Crippen LogP contribution is -2.16. The van der Waals surface area contributed by atoms with E-state index in [2.05, 4.69) is 69.4 Å². The molecule has 1 aliphatic rings. The number of rotatable bonds is 3. The highest BCUT2D eigenvalue weighted by molar-refractivity contribution is 9.09. The maximum atomic E-state index is 6.29. The number of fused-ring (bicyclic) bond motifs is 3. The van der Waals surface area contributed by atoms with E-state index in [0.717, 1.165) is 18.2 Å². The predicted molar refractivity (Wildman–Crippen MR) is 100 cm³/mol. The van der Waals surface area contributed by atoms with Crippen LogP contribution in [0.2, 0.25) is 0 Å². The van der Waals surface area contributed by atoms with Crippen molar-refractivity contribution >= 4 is 26.8 Å². The summed E-state index contributed by atoms with van der Waals surface area (Å²) in [4.78, 5) is 3.55. The number of benzene rings is 2. The average Bonchev–Trinajstić information content (AvgIpc) is 2.96. The highest BCUT2D eigenvalue weighted by atomic mass is 79.9. The number of aryl methyl sites for hydroxylation is 1. The molecule has 1 aliphatic carbocycles. The van der Waals surface area contributed by atoms with Gasteiger partial charge in [-0.2, -0.15) is 0 Å². The predicted octanol–water partition coefficient (Wildman–Crippen LogP) is 5.03. The van der Waals surface area contributed by atoms with Crippen LogP contribution in [-0.4, -0.2) is 10.3 Å². The van der Waals surface area contributed by atoms with Crippen molar-refractivity contribution < 1.29 is 0 Å². The molecule has 1 aromatic heterocycles. The number of nitrogens with one attached hydrogen (secondary N) is 1. The zero-order chi connectivity index (χ0) is 15.8. The molecule has 3 aromatic rings. The number of nitrogens with two attached hydrogens (primary N) is 1. The summed E-state index contributed by atoms with van der Waals surface area (Å²) in [6, 6.07) is 17.7. The van der Waals surface area contributed by atoms with Crippen molar-refractivity contribution in [3.63, 3.8) is 0 Å². The molecular formula is C20H21BrN2. The minimum Gasteiger partial charge on any atom is -0.357 e. The standard InChI is InChI=1S/C20H21BrN2/c21-12-17(13-5-2-1-3-6-13)14-9-10-19-16(11-14)15-7-4-8-18(22)20(15)23-19/h1-3,5-6,9-11,17-18,23H,4,7-8,12,22H2/t17-,18+/m0/s1. The Hall–Kier alpha value is -1.58. The number of halogens is 1. The van der Waals surface area contributed by atoms with Gasteiger partial charge in [0.25, 0.3) is 0 Å². The summed E-state index contributed by atoms with van der Waals surface area (Å²) in [5.74, 6) is 0.378. The van der Waals surface area contributed by atoms with Crippen LogP contribution in [0.5, 0.6) is 0 Å². The molecule has 0 saturated carbocycles. The van der Waals surface area contributed by atoms with E-state index < -0.39 is 0 Å². The second-order valence-corrected chi connectivity index (χ2v) is 7.09. The van der Waals surface area contributed by atoms with E-state index in [1.165, 1.54) is 39.7 Å². The summed E-state index contributed by atoms with van der Waals surface area (Å²) >= 11 is 3.70. The monoisotopic (exact) mass is 368 g/mol. The molecule has 0 spiro atoms. The Balaban J connectivity index is 1.82. The maximum Gasteiger partial charge on any atom is 0.0459 e.